The minimum absolute atomic E-state index is 0.688. The third kappa shape index (κ3) is 5.43. The second-order valence-corrected chi connectivity index (χ2v) is 1.34. The normalized spacial score (nSPS) is 10.2. The Morgan fingerprint density at radius 2 is 2.50 bits per heavy atom. The van der Waals surface area contributed by atoms with Gasteiger partial charge in [0.25, 0.3) is 0 Å². The number of rotatable bonds is 4. The molecule has 0 aliphatic carbocycles. The highest BCUT2D eigenvalue weighted by atomic mass is 16.5. The van der Waals surface area contributed by atoms with Crippen LogP contribution < -0.4 is 5.32 Å². The summed E-state index contributed by atoms with van der Waals surface area (Å²) in [7, 11) is 3.56. The van der Waals surface area contributed by atoms with Gasteiger partial charge in [0.1, 0.15) is 6.61 Å². The van der Waals surface area contributed by atoms with Crippen molar-refractivity contribution in [2.45, 2.75) is 0 Å². The standard InChI is InChI=1S/C5H12N2O/c1-6-3-4-8-5-7-2/h5-6H,3-4H2,1-2H3. The SMILES string of the molecule is CN=COCCNC. The second-order valence-electron chi connectivity index (χ2n) is 1.34. The number of nitrogens with zero attached hydrogens (tertiary/aromatic N) is 1. The number of hydrogen-bond donors (Lipinski definition) is 1. The van der Waals surface area contributed by atoms with Crippen molar-refractivity contribution in [2.24, 2.45) is 4.99 Å². The zero-order valence-electron chi connectivity index (χ0n) is 5.35. The zero-order valence-corrected chi connectivity index (χ0v) is 5.35. The molecular formula is C5H12N2O. The Morgan fingerprint density at radius 3 is 3.00 bits per heavy atom. The lowest BCUT2D eigenvalue weighted by atomic mass is 10.7. The first-order valence-corrected chi connectivity index (χ1v) is 2.58. The zero-order chi connectivity index (χ0) is 6.24. The molecule has 0 aromatic heterocycles. The van der Waals surface area contributed by atoms with Crippen molar-refractivity contribution in [1.29, 1.82) is 0 Å². The van der Waals surface area contributed by atoms with Gasteiger partial charge in [-0.15, -0.1) is 0 Å². The fourth-order valence-corrected chi connectivity index (χ4v) is 0.288. The predicted molar refractivity (Wildman–Crippen MR) is 34.3 cm³/mol. The average molecular weight is 116 g/mol. The number of hydrogen-bond acceptors (Lipinski definition) is 3. The molecule has 1 N–H and O–H groups in total. The second kappa shape index (κ2) is 6.43. The molecule has 0 spiro atoms. The molecule has 0 radical (unpaired) electrons. The lowest BCUT2D eigenvalue weighted by Gasteiger charge is -1.95. The summed E-state index contributed by atoms with van der Waals surface area (Å²) in [5.41, 5.74) is 0. The van der Waals surface area contributed by atoms with Gasteiger partial charge in [0.05, 0.1) is 0 Å². The van der Waals surface area contributed by atoms with Crippen molar-refractivity contribution in [3.63, 3.8) is 0 Å². The molecule has 0 rings (SSSR count). The van der Waals surface area contributed by atoms with Crippen molar-refractivity contribution in [1.82, 2.24) is 5.32 Å². The van der Waals surface area contributed by atoms with Gasteiger partial charge >= 0.3 is 0 Å². The average Bonchev–Trinajstić information content (AvgIpc) is 1.81. The summed E-state index contributed by atoms with van der Waals surface area (Å²) >= 11 is 0. The monoisotopic (exact) mass is 116 g/mol. The molecule has 0 aliphatic rings. The summed E-state index contributed by atoms with van der Waals surface area (Å²) < 4.78 is 4.87. The van der Waals surface area contributed by atoms with E-state index in [1.807, 2.05) is 7.05 Å². The molecule has 0 saturated carbocycles. The van der Waals surface area contributed by atoms with Crippen LogP contribution >= 0.6 is 0 Å². The molecule has 3 heteroatoms. The van der Waals surface area contributed by atoms with Crippen LogP contribution in [0.15, 0.2) is 4.99 Å². The summed E-state index contributed by atoms with van der Waals surface area (Å²) in [6, 6.07) is 0. The summed E-state index contributed by atoms with van der Waals surface area (Å²) in [5.74, 6) is 0. The van der Waals surface area contributed by atoms with E-state index in [1.54, 1.807) is 7.05 Å². The van der Waals surface area contributed by atoms with E-state index in [9.17, 15) is 0 Å². The Kier molecular flexibility index (Phi) is 5.97. The predicted octanol–water partition coefficient (Wildman–Crippen LogP) is -0.120. The molecule has 0 atom stereocenters. The van der Waals surface area contributed by atoms with E-state index in [0.29, 0.717) is 6.61 Å². The van der Waals surface area contributed by atoms with Gasteiger partial charge in [-0.05, 0) is 7.05 Å². The Bertz CT molecular complexity index is 63.4. The molecule has 3 nitrogen and oxygen atoms in total. The maximum atomic E-state index is 4.87. The molecule has 0 aromatic carbocycles. The van der Waals surface area contributed by atoms with Crippen molar-refractivity contribution < 1.29 is 4.74 Å². The van der Waals surface area contributed by atoms with Crippen LogP contribution in [0.1, 0.15) is 0 Å². The van der Waals surface area contributed by atoms with Crippen LogP contribution in [-0.2, 0) is 4.74 Å². The molecule has 0 aliphatic heterocycles. The summed E-state index contributed by atoms with van der Waals surface area (Å²) in [6.07, 6.45) is 1.44. The van der Waals surface area contributed by atoms with Crippen LogP contribution in [0.2, 0.25) is 0 Å². The first-order chi connectivity index (χ1) is 3.91. The molecule has 0 unspecified atom stereocenters. The summed E-state index contributed by atoms with van der Waals surface area (Å²) in [6.45, 7) is 1.56. The molecule has 0 amide bonds. The van der Waals surface area contributed by atoms with Gasteiger partial charge in [-0.25, -0.2) is 0 Å². The lowest BCUT2D eigenvalue weighted by molar-refractivity contribution is 0.320. The number of aliphatic imine (C=N–C) groups is 1. The molecule has 0 saturated heterocycles. The summed E-state index contributed by atoms with van der Waals surface area (Å²) in [4.78, 5) is 3.63. The number of likely N-dealkylation sites (N-methyl/N-ethyl adjacent to an activating group) is 1. The van der Waals surface area contributed by atoms with Gasteiger partial charge < -0.3 is 10.1 Å². The highest BCUT2D eigenvalue weighted by molar-refractivity contribution is 5.45. The van der Waals surface area contributed by atoms with Crippen LogP contribution in [0.3, 0.4) is 0 Å². The molecule has 0 bridgehead atoms. The molecule has 0 fully saturated rings. The smallest absolute Gasteiger partial charge is 0.169 e. The fourth-order valence-electron chi connectivity index (χ4n) is 0.288. The first-order valence-electron chi connectivity index (χ1n) is 2.58. The maximum absolute atomic E-state index is 4.87. The Balaban J connectivity index is 2.72. The van der Waals surface area contributed by atoms with Crippen LogP contribution in [-0.4, -0.2) is 33.6 Å². The highest BCUT2D eigenvalue weighted by Gasteiger charge is 1.75. The molecule has 0 heterocycles. The maximum Gasteiger partial charge on any atom is 0.169 e. The van der Waals surface area contributed by atoms with Gasteiger partial charge in [-0.1, -0.05) is 0 Å². The molecule has 48 valence electrons. The third-order valence-electron chi connectivity index (χ3n) is 0.650. The van der Waals surface area contributed by atoms with E-state index in [0.717, 1.165) is 6.54 Å². The van der Waals surface area contributed by atoms with Crippen LogP contribution in [0.5, 0.6) is 0 Å². The van der Waals surface area contributed by atoms with E-state index in [1.165, 1.54) is 6.40 Å². The van der Waals surface area contributed by atoms with Gasteiger partial charge in [-0.2, -0.15) is 0 Å². The largest absolute Gasteiger partial charge is 0.482 e. The Morgan fingerprint density at radius 1 is 1.75 bits per heavy atom. The van der Waals surface area contributed by atoms with Crippen LogP contribution in [0.25, 0.3) is 0 Å². The molecular weight excluding hydrogens is 104 g/mol. The van der Waals surface area contributed by atoms with Crippen LogP contribution in [0, 0.1) is 0 Å². The summed E-state index contributed by atoms with van der Waals surface area (Å²) in [5, 5.41) is 2.94. The number of nitrogens with one attached hydrogen (secondary N) is 1. The number of ether oxygens (including phenoxy) is 1. The van der Waals surface area contributed by atoms with Crippen molar-refractivity contribution >= 4 is 6.40 Å². The van der Waals surface area contributed by atoms with E-state index in [-0.39, 0.29) is 0 Å². The Hall–Kier alpha value is -0.570. The lowest BCUT2D eigenvalue weighted by Crippen LogP contribution is -2.13. The topological polar surface area (TPSA) is 33.6 Å². The first kappa shape index (κ1) is 7.43. The quantitative estimate of drug-likeness (QED) is 0.315. The van der Waals surface area contributed by atoms with Gasteiger partial charge in [-0.3, -0.25) is 4.99 Å². The van der Waals surface area contributed by atoms with Gasteiger partial charge in [0.2, 0.25) is 0 Å². The third-order valence-corrected chi connectivity index (χ3v) is 0.650. The highest BCUT2D eigenvalue weighted by Crippen LogP contribution is 1.63. The van der Waals surface area contributed by atoms with E-state index in [4.69, 9.17) is 4.74 Å². The molecule has 0 aromatic rings. The van der Waals surface area contributed by atoms with Crippen LogP contribution in [0.4, 0.5) is 0 Å². The van der Waals surface area contributed by atoms with Crippen molar-refractivity contribution in [3.8, 4) is 0 Å². The minimum Gasteiger partial charge on any atom is -0.482 e. The van der Waals surface area contributed by atoms with E-state index >= 15 is 0 Å². The van der Waals surface area contributed by atoms with Crippen molar-refractivity contribution in [3.05, 3.63) is 0 Å². The van der Waals surface area contributed by atoms with E-state index < -0.39 is 0 Å². The Labute approximate surface area is 49.8 Å². The van der Waals surface area contributed by atoms with E-state index in [2.05, 4.69) is 10.3 Å². The van der Waals surface area contributed by atoms with Crippen molar-refractivity contribution in [2.75, 3.05) is 27.2 Å². The fraction of sp³-hybridized carbons (Fsp3) is 0.800. The minimum atomic E-state index is 0.688. The van der Waals surface area contributed by atoms with Gasteiger partial charge in [0.15, 0.2) is 6.40 Å². The van der Waals surface area contributed by atoms with Gasteiger partial charge in [0, 0.05) is 13.6 Å². The molecule has 8 heavy (non-hydrogen) atoms.